The molecule has 0 fully saturated rings. The second kappa shape index (κ2) is 4.80. The Morgan fingerprint density at radius 3 is 2.81 bits per heavy atom. The van der Waals surface area contributed by atoms with Gasteiger partial charge in [-0.25, -0.2) is 0 Å². The van der Waals surface area contributed by atoms with Crippen LogP contribution in [0.1, 0.15) is 25.8 Å². The quantitative estimate of drug-likeness (QED) is 0.859. The van der Waals surface area contributed by atoms with Gasteiger partial charge in [0.15, 0.2) is 0 Å². The summed E-state index contributed by atoms with van der Waals surface area (Å²) < 4.78 is 0. The number of hydrogen-bond donors (Lipinski definition) is 1. The molecule has 0 saturated heterocycles. The van der Waals surface area contributed by atoms with Crippen LogP contribution in [0.25, 0.3) is 0 Å². The molecule has 0 radical (unpaired) electrons. The van der Waals surface area contributed by atoms with Gasteiger partial charge in [-0.05, 0) is 43.5 Å². The Kier molecular flexibility index (Phi) is 3.60. The summed E-state index contributed by atoms with van der Waals surface area (Å²) in [4.78, 5) is 1.49. The van der Waals surface area contributed by atoms with Crippen molar-refractivity contribution in [2.75, 3.05) is 13.6 Å². The Balaban J connectivity index is 1.97. The van der Waals surface area contributed by atoms with E-state index >= 15 is 0 Å². The van der Waals surface area contributed by atoms with Crippen molar-refractivity contribution in [3.8, 4) is 0 Å². The van der Waals surface area contributed by atoms with Crippen LogP contribution in [0.2, 0.25) is 0 Å². The SMILES string of the molecule is CNCC(C)(C)CC1Cc2ccccc2S1. The predicted octanol–water partition coefficient (Wildman–Crippen LogP) is 3.34. The molecule has 1 atom stereocenters. The van der Waals surface area contributed by atoms with Gasteiger partial charge in [0, 0.05) is 10.1 Å². The lowest BCUT2D eigenvalue weighted by Crippen LogP contribution is -2.29. The van der Waals surface area contributed by atoms with Crippen molar-refractivity contribution >= 4 is 11.8 Å². The minimum atomic E-state index is 0.397. The Morgan fingerprint density at radius 1 is 1.38 bits per heavy atom. The van der Waals surface area contributed by atoms with Crippen LogP contribution >= 0.6 is 11.8 Å². The van der Waals surface area contributed by atoms with Crippen LogP contribution in [0, 0.1) is 5.41 Å². The molecular formula is C14H21NS. The molecule has 1 aliphatic heterocycles. The second-order valence-electron chi connectivity index (χ2n) is 5.45. The van der Waals surface area contributed by atoms with E-state index < -0.39 is 0 Å². The van der Waals surface area contributed by atoms with Gasteiger partial charge in [0.2, 0.25) is 0 Å². The van der Waals surface area contributed by atoms with E-state index in [1.165, 1.54) is 23.3 Å². The lowest BCUT2D eigenvalue weighted by Gasteiger charge is -2.27. The van der Waals surface area contributed by atoms with E-state index in [4.69, 9.17) is 0 Å². The fourth-order valence-electron chi connectivity index (χ4n) is 2.53. The lowest BCUT2D eigenvalue weighted by molar-refractivity contribution is 0.321. The summed E-state index contributed by atoms with van der Waals surface area (Å²) in [5, 5.41) is 4.06. The topological polar surface area (TPSA) is 12.0 Å². The number of hydrogen-bond acceptors (Lipinski definition) is 2. The van der Waals surface area contributed by atoms with Gasteiger partial charge in [0.25, 0.3) is 0 Å². The molecule has 2 rings (SSSR count). The zero-order valence-corrected chi connectivity index (χ0v) is 11.2. The summed E-state index contributed by atoms with van der Waals surface area (Å²) in [5.41, 5.74) is 1.94. The molecule has 1 N–H and O–H groups in total. The highest BCUT2D eigenvalue weighted by molar-refractivity contribution is 8.00. The molecule has 16 heavy (non-hydrogen) atoms. The van der Waals surface area contributed by atoms with E-state index in [2.05, 4.69) is 55.2 Å². The molecule has 0 aliphatic carbocycles. The van der Waals surface area contributed by atoms with Gasteiger partial charge < -0.3 is 5.32 Å². The van der Waals surface area contributed by atoms with Gasteiger partial charge in [-0.15, -0.1) is 11.8 Å². The number of fused-ring (bicyclic) bond motifs is 1. The third-order valence-corrected chi connectivity index (χ3v) is 4.47. The first kappa shape index (κ1) is 12.0. The highest BCUT2D eigenvalue weighted by Crippen LogP contribution is 2.41. The molecule has 1 aliphatic rings. The van der Waals surface area contributed by atoms with Crippen molar-refractivity contribution in [2.45, 2.75) is 36.8 Å². The number of thioether (sulfide) groups is 1. The maximum absolute atomic E-state index is 3.29. The first-order chi connectivity index (χ1) is 7.61. The van der Waals surface area contributed by atoms with Crippen molar-refractivity contribution in [2.24, 2.45) is 5.41 Å². The summed E-state index contributed by atoms with van der Waals surface area (Å²) in [5.74, 6) is 0. The van der Waals surface area contributed by atoms with Gasteiger partial charge in [-0.1, -0.05) is 32.0 Å². The smallest absolute Gasteiger partial charge is 0.0141 e. The van der Waals surface area contributed by atoms with Gasteiger partial charge >= 0.3 is 0 Å². The molecular weight excluding hydrogens is 214 g/mol. The van der Waals surface area contributed by atoms with Crippen molar-refractivity contribution in [3.05, 3.63) is 29.8 Å². The van der Waals surface area contributed by atoms with Crippen LogP contribution in [0.5, 0.6) is 0 Å². The summed E-state index contributed by atoms with van der Waals surface area (Å²) >= 11 is 2.06. The average molecular weight is 235 g/mol. The summed E-state index contributed by atoms with van der Waals surface area (Å²) in [6.45, 7) is 5.81. The average Bonchev–Trinajstić information content (AvgIpc) is 2.58. The summed E-state index contributed by atoms with van der Waals surface area (Å²) in [6, 6.07) is 8.83. The second-order valence-corrected chi connectivity index (χ2v) is 6.79. The highest BCUT2D eigenvalue weighted by Gasteiger charge is 2.28. The van der Waals surface area contributed by atoms with E-state index in [-0.39, 0.29) is 0 Å². The summed E-state index contributed by atoms with van der Waals surface area (Å²) in [7, 11) is 2.04. The van der Waals surface area contributed by atoms with Crippen molar-refractivity contribution in [3.63, 3.8) is 0 Å². The van der Waals surface area contributed by atoms with E-state index in [9.17, 15) is 0 Å². The van der Waals surface area contributed by atoms with Crippen molar-refractivity contribution in [1.29, 1.82) is 0 Å². The first-order valence-corrected chi connectivity index (χ1v) is 6.88. The maximum Gasteiger partial charge on any atom is 0.0141 e. The van der Waals surface area contributed by atoms with E-state index in [0.29, 0.717) is 5.41 Å². The third kappa shape index (κ3) is 2.80. The molecule has 0 aromatic heterocycles. The fourth-order valence-corrected chi connectivity index (χ4v) is 4.15. The fraction of sp³-hybridized carbons (Fsp3) is 0.571. The minimum absolute atomic E-state index is 0.397. The third-order valence-electron chi connectivity index (χ3n) is 3.15. The van der Waals surface area contributed by atoms with Crippen LogP contribution in [0.15, 0.2) is 29.2 Å². The van der Waals surface area contributed by atoms with E-state index in [0.717, 1.165) is 11.8 Å². The van der Waals surface area contributed by atoms with Crippen LogP contribution in [0.4, 0.5) is 0 Å². The zero-order valence-electron chi connectivity index (χ0n) is 10.4. The summed E-state index contributed by atoms with van der Waals surface area (Å²) in [6.07, 6.45) is 2.53. The molecule has 1 aromatic carbocycles. The lowest BCUT2D eigenvalue weighted by atomic mass is 9.86. The molecule has 1 nitrogen and oxygen atoms in total. The Labute approximate surface area is 103 Å². The maximum atomic E-state index is 3.29. The molecule has 1 aromatic rings. The molecule has 88 valence electrons. The molecule has 1 heterocycles. The molecule has 1 unspecified atom stereocenters. The van der Waals surface area contributed by atoms with Gasteiger partial charge in [-0.2, -0.15) is 0 Å². The molecule has 2 heteroatoms. The molecule has 0 bridgehead atoms. The standard InChI is InChI=1S/C14H21NS/c1-14(2,10-15-3)9-12-8-11-6-4-5-7-13(11)16-12/h4-7,12,15H,8-10H2,1-3H3. The van der Waals surface area contributed by atoms with Crippen molar-refractivity contribution < 1.29 is 0 Å². The van der Waals surface area contributed by atoms with Crippen LogP contribution in [0.3, 0.4) is 0 Å². The van der Waals surface area contributed by atoms with Gasteiger partial charge in [0.05, 0.1) is 0 Å². The molecule has 0 spiro atoms. The molecule has 0 saturated carbocycles. The number of nitrogens with one attached hydrogen (secondary N) is 1. The Bertz CT molecular complexity index is 335. The zero-order chi connectivity index (χ0) is 11.6. The van der Waals surface area contributed by atoms with E-state index in [1.54, 1.807) is 0 Å². The van der Waals surface area contributed by atoms with Crippen LogP contribution in [-0.2, 0) is 6.42 Å². The predicted molar refractivity (Wildman–Crippen MR) is 72.1 cm³/mol. The van der Waals surface area contributed by atoms with Gasteiger partial charge in [0.1, 0.15) is 0 Å². The van der Waals surface area contributed by atoms with E-state index in [1.807, 2.05) is 7.05 Å². The number of rotatable bonds is 4. The largest absolute Gasteiger partial charge is 0.319 e. The van der Waals surface area contributed by atoms with Gasteiger partial charge in [-0.3, -0.25) is 0 Å². The van der Waals surface area contributed by atoms with Crippen molar-refractivity contribution in [1.82, 2.24) is 5.32 Å². The monoisotopic (exact) mass is 235 g/mol. The minimum Gasteiger partial charge on any atom is -0.319 e. The van der Waals surface area contributed by atoms with Crippen LogP contribution < -0.4 is 5.32 Å². The Morgan fingerprint density at radius 2 is 2.12 bits per heavy atom. The van der Waals surface area contributed by atoms with Crippen LogP contribution in [-0.4, -0.2) is 18.8 Å². The Hall–Kier alpha value is -0.470. The first-order valence-electron chi connectivity index (χ1n) is 6.00. The normalized spacial score (nSPS) is 19.8. The number of benzene rings is 1. The highest BCUT2D eigenvalue weighted by atomic mass is 32.2. The molecule has 0 amide bonds.